The second-order valence-electron chi connectivity index (χ2n) is 6.48. The van der Waals surface area contributed by atoms with Crippen LogP contribution in [0.25, 0.3) is 0 Å². The Bertz CT molecular complexity index is 708. The van der Waals surface area contributed by atoms with E-state index in [4.69, 9.17) is 0 Å². The fraction of sp³-hybridized carbons (Fsp3) is 0.444. The van der Waals surface area contributed by atoms with Gasteiger partial charge in [0.2, 0.25) is 0 Å². The fourth-order valence-corrected chi connectivity index (χ4v) is 2.99. The Balaban J connectivity index is 1.49. The van der Waals surface area contributed by atoms with Gasteiger partial charge in [-0.1, -0.05) is 6.07 Å². The number of likely N-dealkylation sites (tertiary alicyclic amines) is 1. The maximum Gasteiger partial charge on any atom is 0.250 e. The van der Waals surface area contributed by atoms with E-state index in [-0.39, 0.29) is 5.56 Å². The van der Waals surface area contributed by atoms with E-state index in [2.05, 4.69) is 21.3 Å². The Morgan fingerprint density at radius 3 is 2.96 bits per heavy atom. The Morgan fingerprint density at radius 1 is 1.35 bits per heavy atom. The van der Waals surface area contributed by atoms with Crippen LogP contribution in [-0.2, 0) is 13.6 Å². The highest BCUT2D eigenvalue weighted by Gasteiger charge is 2.22. The third-order valence-electron chi connectivity index (χ3n) is 4.43. The molecule has 1 atom stereocenters. The zero-order valence-electron chi connectivity index (χ0n) is 13.8. The average molecular weight is 312 g/mol. The van der Waals surface area contributed by atoms with Crippen LogP contribution in [0.1, 0.15) is 17.5 Å². The smallest absolute Gasteiger partial charge is 0.250 e. The molecular formula is C18H24N4O. The second-order valence-corrected chi connectivity index (χ2v) is 6.48. The van der Waals surface area contributed by atoms with Gasteiger partial charge in [-0.25, -0.2) is 4.98 Å². The largest absolute Gasteiger partial charge is 0.370 e. The first kappa shape index (κ1) is 15.7. The quantitative estimate of drug-likeness (QED) is 0.918. The monoisotopic (exact) mass is 312 g/mol. The molecule has 2 aromatic heterocycles. The number of nitrogens with one attached hydrogen (secondary N) is 1. The SMILES string of the molecule is Cc1ccc(NC[C@H]2CCN(Cc3ccn(C)c(=O)c3)C2)nc1. The summed E-state index contributed by atoms with van der Waals surface area (Å²) >= 11 is 0. The molecule has 0 saturated carbocycles. The summed E-state index contributed by atoms with van der Waals surface area (Å²) in [5.41, 5.74) is 2.34. The van der Waals surface area contributed by atoms with Crippen molar-refractivity contribution < 1.29 is 0 Å². The number of aryl methyl sites for hydroxylation is 2. The molecule has 122 valence electrons. The standard InChI is InChI=1S/C18H24N4O/c1-14-3-4-17(19-10-14)20-11-16-6-8-22(13-16)12-15-5-7-21(2)18(23)9-15/h3-5,7,9-10,16H,6,8,11-13H2,1-2H3,(H,19,20)/t16-/m1/s1. The highest BCUT2D eigenvalue weighted by Crippen LogP contribution is 2.19. The Kier molecular flexibility index (Phi) is 4.76. The van der Waals surface area contributed by atoms with Crippen molar-refractivity contribution in [2.45, 2.75) is 19.9 Å². The van der Waals surface area contributed by atoms with E-state index in [1.54, 1.807) is 17.7 Å². The number of pyridine rings is 2. The van der Waals surface area contributed by atoms with Crippen molar-refractivity contribution in [2.75, 3.05) is 25.0 Å². The number of aromatic nitrogens is 2. The topological polar surface area (TPSA) is 50.2 Å². The first-order valence-electron chi connectivity index (χ1n) is 8.14. The van der Waals surface area contributed by atoms with Crippen LogP contribution < -0.4 is 10.9 Å². The van der Waals surface area contributed by atoms with Crippen LogP contribution in [0.2, 0.25) is 0 Å². The van der Waals surface area contributed by atoms with Crippen LogP contribution in [-0.4, -0.2) is 34.1 Å². The van der Waals surface area contributed by atoms with Crippen molar-refractivity contribution >= 4 is 5.82 Å². The summed E-state index contributed by atoms with van der Waals surface area (Å²) in [7, 11) is 1.78. The highest BCUT2D eigenvalue weighted by molar-refractivity contribution is 5.35. The third kappa shape index (κ3) is 4.20. The molecule has 0 unspecified atom stereocenters. The van der Waals surface area contributed by atoms with Crippen LogP contribution >= 0.6 is 0 Å². The molecule has 0 aliphatic carbocycles. The molecule has 3 heterocycles. The molecule has 23 heavy (non-hydrogen) atoms. The van der Waals surface area contributed by atoms with Gasteiger partial charge in [0.05, 0.1) is 0 Å². The molecular weight excluding hydrogens is 288 g/mol. The minimum Gasteiger partial charge on any atom is -0.370 e. The zero-order valence-corrected chi connectivity index (χ0v) is 13.8. The molecule has 1 saturated heterocycles. The van der Waals surface area contributed by atoms with Gasteiger partial charge in [0.25, 0.3) is 5.56 Å². The Hall–Kier alpha value is -2.14. The average Bonchev–Trinajstić information content (AvgIpc) is 2.98. The van der Waals surface area contributed by atoms with Gasteiger partial charge in [-0.3, -0.25) is 9.69 Å². The van der Waals surface area contributed by atoms with E-state index in [0.29, 0.717) is 5.92 Å². The molecule has 0 amide bonds. The highest BCUT2D eigenvalue weighted by atomic mass is 16.1. The lowest BCUT2D eigenvalue weighted by molar-refractivity contribution is 0.318. The molecule has 2 aromatic rings. The van der Waals surface area contributed by atoms with E-state index in [9.17, 15) is 4.79 Å². The van der Waals surface area contributed by atoms with Crippen molar-refractivity contribution in [3.8, 4) is 0 Å². The normalized spacial score (nSPS) is 18.3. The second kappa shape index (κ2) is 6.96. The van der Waals surface area contributed by atoms with Gasteiger partial charge < -0.3 is 9.88 Å². The molecule has 1 aliphatic rings. The predicted molar refractivity (Wildman–Crippen MR) is 92.5 cm³/mol. The number of anilines is 1. The lowest BCUT2D eigenvalue weighted by Crippen LogP contribution is -2.24. The van der Waals surface area contributed by atoms with Crippen molar-refractivity contribution in [2.24, 2.45) is 13.0 Å². The lowest BCUT2D eigenvalue weighted by atomic mass is 10.1. The maximum atomic E-state index is 11.7. The van der Waals surface area contributed by atoms with E-state index in [1.165, 1.54) is 12.0 Å². The Labute approximate surface area is 137 Å². The molecule has 1 aliphatic heterocycles. The van der Waals surface area contributed by atoms with Gasteiger partial charge in [-0.05, 0) is 49.1 Å². The number of hydrogen-bond acceptors (Lipinski definition) is 4. The van der Waals surface area contributed by atoms with E-state index >= 15 is 0 Å². The summed E-state index contributed by atoms with van der Waals surface area (Å²) in [5, 5.41) is 3.42. The molecule has 1 fully saturated rings. The summed E-state index contributed by atoms with van der Waals surface area (Å²) in [6.45, 7) is 6.00. The van der Waals surface area contributed by atoms with E-state index < -0.39 is 0 Å². The van der Waals surface area contributed by atoms with Crippen LogP contribution in [0.5, 0.6) is 0 Å². The van der Waals surface area contributed by atoms with E-state index in [1.807, 2.05) is 31.5 Å². The molecule has 0 radical (unpaired) electrons. The minimum atomic E-state index is 0.0605. The molecule has 0 aromatic carbocycles. The van der Waals surface area contributed by atoms with Gasteiger partial charge in [0.15, 0.2) is 0 Å². The molecule has 5 nitrogen and oxygen atoms in total. The molecule has 1 N–H and O–H groups in total. The zero-order chi connectivity index (χ0) is 16.2. The first-order chi connectivity index (χ1) is 11.1. The third-order valence-corrected chi connectivity index (χ3v) is 4.43. The number of nitrogens with zero attached hydrogens (tertiary/aromatic N) is 3. The lowest BCUT2D eigenvalue weighted by Gasteiger charge is -2.16. The van der Waals surface area contributed by atoms with Crippen molar-refractivity contribution in [1.29, 1.82) is 0 Å². The summed E-state index contributed by atoms with van der Waals surface area (Å²) in [5.74, 6) is 1.57. The van der Waals surface area contributed by atoms with Gasteiger partial charge in [-0.15, -0.1) is 0 Å². The number of rotatable bonds is 5. The minimum absolute atomic E-state index is 0.0605. The molecule has 5 heteroatoms. The van der Waals surface area contributed by atoms with E-state index in [0.717, 1.165) is 37.6 Å². The van der Waals surface area contributed by atoms with Gasteiger partial charge in [0.1, 0.15) is 5.82 Å². The maximum absolute atomic E-state index is 11.7. The van der Waals surface area contributed by atoms with Crippen LogP contribution in [0, 0.1) is 12.8 Å². The summed E-state index contributed by atoms with van der Waals surface area (Å²) in [4.78, 5) is 18.5. The number of hydrogen-bond donors (Lipinski definition) is 1. The summed E-state index contributed by atoms with van der Waals surface area (Å²) in [6, 6.07) is 7.87. The van der Waals surface area contributed by atoms with Crippen LogP contribution in [0.4, 0.5) is 5.82 Å². The first-order valence-corrected chi connectivity index (χ1v) is 8.14. The van der Waals surface area contributed by atoms with Gasteiger partial charge in [-0.2, -0.15) is 0 Å². The molecule has 0 bridgehead atoms. The van der Waals surface area contributed by atoms with Crippen LogP contribution in [0.3, 0.4) is 0 Å². The summed E-state index contributed by atoms with van der Waals surface area (Å²) < 4.78 is 1.61. The van der Waals surface area contributed by atoms with Crippen LogP contribution in [0.15, 0.2) is 41.5 Å². The Morgan fingerprint density at radius 2 is 2.22 bits per heavy atom. The van der Waals surface area contributed by atoms with Gasteiger partial charge in [0, 0.05) is 45.1 Å². The predicted octanol–water partition coefficient (Wildman–Crippen LogP) is 2.02. The summed E-state index contributed by atoms with van der Waals surface area (Å²) in [6.07, 6.45) is 4.92. The fourth-order valence-electron chi connectivity index (χ4n) is 2.99. The van der Waals surface area contributed by atoms with Crippen molar-refractivity contribution in [1.82, 2.24) is 14.5 Å². The molecule has 0 spiro atoms. The molecule has 3 rings (SSSR count). The van der Waals surface area contributed by atoms with Gasteiger partial charge >= 0.3 is 0 Å². The van der Waals surface area contributed by atoms with Crippen molar-refractivity contribution in [3.63, 3.8) is 0 Å². The van der Waals surface area contributed by atoms with Crippen molar-refractivity contribution in [3.05, 3.63) is 58.1 Å².